The fourth-order valence-electron chi connectivity index (χ4n) is 1.98. The van der Waals surface area contributed by atoms with Crippen molar-refractivity contribution in [3.05, 3.63) is 58.7 Å². The van der Waals surface area contributed by atoms with Crippen LogP contribution < -0.4 is 4.74 Å². The van der Waals surface area contributed by atoms with E-state index in [1.54, 1.807) is 18.2 Å². The molecule has 3 rings (SSSR count). The summed E-state index contributed by atoms with van der Waals surface area (Å²) >= 11 is 3.45. The summed E-state index contributed by atoms with van der Waals surface area (Å²) in [5.74, 6) is 0.642. The Balaban J connectivity index is 1.80. The Bertz CT molecular complexity index is 721. The first-order valence-electron chi connectivity index (χ1n) is 5.90. The number of aromatic nitrogens is 1. The average molecular weight is 318 g/mol. The first-order chi connectivity index (χ1) is 9.22. The molecule has 0 amide bonds. The number of ether oxygens (including phenoxy) is 1. The molecule has 0 bridgehead atoms. The number of para-hydroxylation sites is 2. The number of phenols is 1. The van der Waals surface area contributed by atoms with E-state index in [9.17, 15) is 5.11 Å². The zero-order chi connectivity index (χ0) is 13.2. The largest absolute Gasteiger partial charge is 0.504 e. The summed E-state index contributed by atoms with van der Waals surface area (Å²) in [5.41, 5.74) is 2.04. The van der Waals surface area contributed by atoms with Crippen molar-refractivity contribution in [3.8, 4) is 11.5 Å². The van der Waals surface area contributed by atoms with E-state index in [4.69, 9.17) is 4.74 Å². The van der Waals surface area contributed by atoms with Gasteiger partial charge in [-0.05, 0) is 36.4 Å². The summed E-state index contributed by atoms with van der Waals surface area (Å²) in [6, 6.07) is 15.1. The fourth-order valence-corrected chi connectivity index (χ4v) is 2.35. The molecule has 2 N–H and O–H groups in total. The predicted molar refractivity (Wildman–Crippen MR) is 78.4 cm³/mol. The summed E-state index contributed by atoms with van der Waals surface area (Å²) in [4.78, 5) is 3.29. The monoisotopic (exact) mass is 317 g/mol. The van der Waals surface area contributed by atoms with Crippen LogP contribution in [0.25, 0.3) is 10.9 Å². The molecule has 3 aromatic rings. The molecule has 0 saturated heterocycles. The van der Waals surface area contributed by atoms with Crippen LogP contribution in [0.15, 0.2) is 53.0 Å². The number of rotatable bonds is 3. The van der Waals surface area contributed by atoms with Crippen LogP contribution in [-0.4, -0.2) is 10.1 Å². The van der Waals surface area contributed by atoms with E-state index in [-0.39, 0.29) is 5.75 Å². The molecular formula is C15H12BrNO2. The van der Waals surface area contributed by atoms with Crippen LogP contribution in [0, 0.1) is 0 Å². The van der Waals surface area contributed by atoms with E-state index in [2.05, 4.69) is 27.0 Å². The van der Waals surface area contributed by atoms with Crippen LogP contribution in [0.5, 0.6) is 11.5 Å². The molecule has 0 fully saturated rings. The third kappa shape index (κ3) is 2.58. The van der Waals surface area contributed by atoms with Crippen LogP contribution in [0.1, 0.15) is 5.69 Å². The van der Waals surface area contributed by atoms with Crippen LogP contribution >= 0.6 is 15.9 Å². The molecule has 0 atom stereocenters. The van der Waals surface area contributed by atoms with Crippen LogP contribution in [-0.2, 0) is 6.61 Å². The smallest absolute Gasteiger partial charge is 0.161 e. The summed E-state index contributed by atoms with van der Waals surface area (Å²) in [6.07, 6.45) is 0. The number of fused-ring (bicyclic) bond motifs is 1. The SMILES string of the molecule is Oc1ccccc1OCc1cc2cc(Br)ccc2[nH]1. The van der Waals surface area contributed by atoms with E-state index < -0.39 is 0 Å². The Morgan fingerprint density at radius 2 is 1.95 bits per heavy atom. The minimum atomic E-state index is 0.154. The van der Waals surface area contributed by atoms with Gasteiger partial charge >= 0.3 is 0 Å². The molecule has 0 aliphatic carbocycles. The number of hydrogen-bond acceptors (Lipinski definition) is 2. The lowest BCUT2D eigenvalue weighted by molar-refractivity contribution is 0.286. The highest BCUT2D eigenvalue weighted by Crippen LogP contribution is 2.26. The molecular weight excluding hydrogens is 306 g/mol. The predicted octanol–water partition coefficient (Wildman–Crippen LogP) is 4.22. The third-order valence-electron chi connectivity index (χ3n) is 2.89. The van der Waals surface area contributed by atoms with Gasteiger partial charge in [-0.25, -0.2) is 0 Å². The molecule has 19 heavy (non-hydrogen) atoms. The number of aromatic hydroxyl groups is 1. The number of benzene rings is 2. The number of halogens is 1. The van der Waals surface area contributed by atoms with Crippen molar-refractivity contribution in [1.82, 2.24) is 4.98 Å². The lowest BCUT2D eigenvalue weighted by atomic mass is 10.2. The van der Waals surface area contributed by atoms with Crippen molar-refractivity contribution in [2.45, 2.75) is 6.61 Å². The van der Waals surface area contributed by atoms with E-state index in [0.29, 0.717) is 12.4 Å². The van der Waals surface area contributed by atoms with Crippen LogP contribution in [0.3, 0.4) is 0 Å². The number of hydrogen-bond donors (Lipinski definition) is 2. The third-order valence-corrected chi connectivity index (χ3v) is 3.38. The maximum Gasteiger partial charge on any atom is 0.161 e. The van der Waals surface area contributed by atoms with Crippen molar-refractivity contribution >= 4 is 26.8 Å². The van der Waals surface area contributed by atoms with Gasteiger partial charge in [-0.2, -0.15) is 0 Å². The zero-order valence-electron chi connectivity index (χ0n) is 10.1. The van der Waals surface area contributed by atoms with E-state index in [1.807, 2.05) is 24.3 Å². The molecule has 0 aliphatic heterocycles. The van der Waals surface area contributed by atoms with Gasteiger partial charge in [0.25, 0.3) is 0 Å². The standard InChI is InChI=1S/C15H12BrNO2/c16-11-5-6-13-10(7-11)8-12(17-13)9-19-15-4-2-1-3-14(15)18/h1-8,17-18H,9H2. The molecule has 1 heterocycles. The fraction of sp³-hybridized carbons (Fsp3) is 0.0667. The molecule has 0 aliphatic rings. The number of aromatic amines is 1. The molecule has 0 unspecified atom stereocenters. The summed E-state index contributed by atoms with van der Waals surface area (Å²) < 4.78 is 6.64. The highest BCUT2D eigenvalue weighted by molar-refractivity contribution is 9.10. The number of nitrogens with one attached hydrogen (secondary N) is 1. The molecule has 0 saturated carbocycles. The topological polar surface area (TPSA) is 45.2 Å². The first-order valence-corrected chi connectivity index (χ1v) is 6.69. The van der Waals surface area contributed by atoms with Gasteiger partial charge in [-0.15, -0.1) is 0 Å². The summed E-state index contributed by atoms with van der Waals surface area (Å²) in [7, 11) is 0. The van der Waals surface area contributed by atoms with Gasteiger partial charge < -0.3 is 14.8 Å². The Morgan fingerprint density at radius 3 is 2.79 bits per heavy atom. The van der Waals surface area contributed by atoms with Gasteiger partial charge in [0.1, 0.15) is 6.61 Å². The van der Waals surface area contributed by atoms with Crippen LogP contribution in [0.4, 0.5) is 0 Å². The minimum Gasteiger partial charge on any atom is -0.504 e. The van der Waals surface area contributed by atoms with Crippen molar-refractivity contribution in [2.24, 2.45) is 0 Å². The molecule has 0 spiro atoms. The Hall–Kier alpha value is -1.94. The second-order valence-corrected chi connectivity index (χ2v) is 5.20. The molecule has 1 aromatic heterocycles. The van der Waals surface area contributed by atoms with Crippen molar-refractivity contribution in [1.29, 1.82) is 0 Å². The van der Waals surface area contributed by atoms with Crippen molar-refractivity contribution < 1.29 is 9.84 Å². The molecule has 4 heteroatoms. The average Bonchev–Trinajstić information content (AvgIpc) is 2.79. The minimum absolute atomic E-state index is 0.154. The Labute approximate surface area is 119 Å². The summed E-state index contributed by atoms with van der Waals surface area (Å²) in [6.45, 7) is 0.393. The van der Waals surface area contributed by atoms with Crippen molar-refractivity contribution in [2.75, 3.05) is 0 Å². The lowest BCUT2D eigenvalue weighted by Crippen LogP contribution is -1.95. The van der Waals surface area contributed by atoms with Crippen molar-refractivity contribution in [3.63, 3.8) is 0 Å². The normalized spacial score (nSPS) is 10.8. The van der Waals surface area contributed by atoms with Gasteiger partial charge in [0.15, 0.2) is 11.5 Å². The molecule has 3 nitrogen and oxygen atoms in total. The van der Waals surface area contributed by atoms with Gasteiger partial charge in [0, 0.05) is 15.4 Å². The Kier molecular flexibility index (Phi) is 3.17. The highest BCUT2D eigenvalue weighted by atomic mass is 79.9. The molecule has 2 aromatic carbocycles. The quantitative estimate of drug-likeness (QED) is 0.759. The van der Waals surface area contributed by atoms with Gasteiger partial charge in [-0.1, -0.05) is 28.1 Å². The van der Waals surface area contributed by atoms with Crippen LogP contribution in [0.2, 0.25) is 0 Å². The number of phenolic OH excluding ortho intramolecular Hbond substituents is 1. The maximum absolute atomic E-state index is 9.62. The molecule has 0 radical (unpaired) electrons. The number of H-pyrrole nitrogens is 1. The first kappa shape index (κ1) is 12.1. The van der Waals surface area contributed by atoms with Gasteiger partial charge in [0.05, 0.1) is 5.69 Å². The van der Waals surface area contributed by atoms with E-state index in [0.717, 1.165) is 21.1 Å². The second-order valence-electron chi connectivity index (χ2n) is 4.28. The van der Waals surface area contributed by atoms with E-state index in [1.165, 1.54) is 0 Å². The lowest BCUT2D eigenvalue weighted by Gasteiger charge is -2.05. The van der Waals surface area contributed by atoms with Gasteiger partial charge in [-0.3, -0.25) is 0 Å². The van der Waals surface area contributed by atoms with Gasteiger partial charge in [0.2, 0.25) is 0 Å². The molecule has 96 valence electrons. The Morgan fingerprint density at radius 1 is 1.11 bits per heavy atom. The zero-order valence-corrected chi connectivity index (χ0v) is 11.6. The maximum atomic E-state index is 9.62. The van der Waals surface area contributed by atoms with E-state index >= 15 is 0 Å². The second kappa shape index (κ2) is 4.97. The summed E-state index contributed by atoms with van der Waals surface area (Å²) in [5, 5.41) is 10.8. The highest BCUT2D eigenvalue weighted by Gasteiger charge is 2.04.